The molecular weight excluding hydrogens is 420 g/mol. The Kier molecular flexibility index (Phi) is 6.55. The maximum absolute atomic E-state index is 12.6. The molecule has 1 aliphatic heterocycles. The van der Waals surface area contributed by atoms with Crippen LogP contribution >= 0.6 is 0 Å². The summed E-state index contributed by atoms with van der Waals surface area (Å²) in [6, 6.07) is 19.7. The second-order valence-corrected chi connectivity index (χ2v) is 7.20. The smallest absolute Gasteiger partial charge is 0.337 e. The summed E-state index contributed by atoms with van der Waals surface area (Å²) in [5, 5.41) is 0. The van der Waals surface area contributed by atoms with Gasteiger partial charge < -0.3 is 18.9 Å². The molecule has 0 N–H and O–H groups in total. The number of ether oxygens (including phenoxy) is 4. The summed E-state index contributed by atoms with van der Waals surface area (Å²) in [6.07, 6.45) is 5.25. The fourth-order valence-corrected chi connectivity index (χ4v) is 3.34. The fraction of sp³-hybridized carbons (Fsp3) is 0.111. The summed E-state index contributed by atoms with van der Waals surface area (Å²) in [4.78, 5) is 24.2. The van der Waals surface area contributed by atoms with Crippen LogP contribution in [0.15, 0.2) is 84.6 Å². The van der Waals surface area contributed by atoms with Crippen LogP contribution < -0.4 is 14.2 Å². The lowest BCUT2D eigenvalue weighted by atomic mass is 10.1. The second-order valence-electron chi connectivity index (χ2n) is 7.20. The molecule has 0 saturated carbocycles. The van der Waals surface area contributed by atoms with Gasteiger partial charge in [0.15, 0.2) is 5.76 Å². The second kappa shape index (κ2) is 9.87. The topological polar surface area (TPSA) is 71.1 Å². The van der Waals surface area contributed by atoms with E-state index in [1.165, 1.54) is 7.11 Å². The number of hydrogen-bond acceptors (Lipinski definition) is 6. The zero-order valence-corrected chi connectivity index (χ0v) is 18.2. The molecule has 6 heteroatoms. The lowest BCUT2D eigenvalue weighted by Crippen LogP contribution is -2.02. The predicted molar refractivity (Wildman–Crippen MR) is 124 cm³/mol. The summed E-state index contributed by atoms with van der Waals surface area (Å²) in [5.41, 5.74) is 2.75. The van der Waals surface area contributed by atoms with Crippen molar-refractivity contribution < 1.29 is 28.5 Å². The number of para-hydroxylation sites is 1. The summed E-state index contributed by atoms with van der Waals surface area (Å²) >= 11 is 0. The van der Waals surface area contributed by atoms with Gasteiger partial charge in [-0.2, -0.15) is 0 Å². The van der Waals surface area contributed by atoms with Gasteiger partial charge in [-0.1, -0.05) is 42.5 Å². The lowest BCUT2D eigenvalue weighted by molar-refractivity contribution is 0.0600. The number of carbonyl (C=O) groups is 2. The monoisotopic (exact) mass is 442 g/mol. The molecule has 6 nitrogen and oxygen atoms in total. The number of ketones is 1. The molecule has 0 saturated heterocycles. The van der Waals surface area contributed by atoms with Gasteiger partial charge in [0.1, 0.15) is 23.9 Å². The van der Waals surface area contributed by atoms with Crippen molar-refractivity contribution >= 4 is 17.8 Å². The molecule has 4 rings (SSSR count). The molecule has 0 radical (unpaired) electrons. The summed E-state index contributed by atoms with van der Waals surface area (Å²) < 4.78 is 21.6. The van der Waals surface area contributed by atoms with Gasteiger partial charge in [0.05, 0.1) is 25.3 Å². The number of allylic oxidation sites excluding steroid dienone is 3. The number of benzene rings is 3. The van der Waals surface area contributed by atoms with E-state index in [-0.39, 0.29) is 17.5 Å². The standard InChI is InChI=1S/C27H22O6/c1-30-23-8-4-3-6-19(23)7-5-9-24-26(28)22-15-14-21(16-25(22)33-24)32-17-18-10-12-20(13-11-18)27(29)31-2/h3-16H,17H2,1-2H3. The fourth-order valence-electron chi connectivity index (χ4n) is 3.34. The maximum Gasteiger partial charge on any atom is 0.337 e. The van der Waals surface area contributed by atoms with E-state index >= 15 is 0 Å². The van der Waals surface area contributed by atoms with E-state index in [1.807, 2.05) is 30.3 Å². The van der Waals surface area contributed by atoms with Crippen molar-refractivity contribution in [3.8, 4) is 17.2 Å². The van der Waals surface area contributed by atoms with Crippen LogP contribution in [0, 0.1) is 0 Å². The average Bonchev–Trinajstić information content (AvgIpc) is 3.17. The van der Waals surface area contributed by atoms with Crippen molar-refractivity contribution in [3.63, 3.8) is 0 Å². The van der Waals surface area contributed by atoms with Crippen molar-refractivity contribution in [1.82, 2.24) is 0 Å². The summed E-state index contributed by atoms with van der Waals surface area (Å²) in [7, 11) is 2.96. The third kappa shape index (κ3) is 4.96. The molecule has 33 heavy (non-hydrogen) atoms. The van der Waals surface area contributed by atoms with E-state index in [0.29, 0.717) is 29.2 Å². The Balaban J connectivity index is 1.41. The Bertz CT molecular complexity index is 1240. The SMILES string of the molecule is COC(=O)c1ccc(COc2ccc3c(c2)OC(=CC=Cc2ccccc2OC)C3=O)cc1. The molecule has 0 atom stereocenters. The molecular formula is C27H22O6. The van der Waals surface area contributed by atoms with Crippen LogP contribution in [-0.4, -0.2) is 26.0 Å². The first-order valence-electron chi connectivity index (χ1n) is 10.3. The van der Waals surface area contributed by atoms with Crippen LogP contribution in [0.1, 0.15) is 31.8 Å². The van der Waals surface area contributed by atoms with E-state index in [4.69, 9.17) is 18.9 Å². The van der Waals surface area contributed by atoms with Gasteiger partial charge in [0, 0.05) is 11.6 Å². The van der Waals surface area contributed by atoms with E-state index in [2.05, 4.69) is 0 Å². The molecule has 0 fully saturated rings. The van der Waals surface area contributed by atoms with Crippen LogP contribution in [0.3, 0.4) is 0 Å². The molecule has 0 amide bonds. The quantitative estimate of drug-likeness (QED) is 0.368. The van der Waals surface area contributed by atoms with Gasteiger partial charge in [-0.05, 0) is 42.0 Å². The first kappa shape index (κ1) is 21.9. The van der Waals surface area contributed by atoms with Gasteiger partial charge in [-0.3, -0.25) is 4.79 Å². The van der Waals surface area contributed by atoms with Crippen LogP contribution in [0.4, 0.5) is 0 Å². The zero-order valence-electron chi connectivity index (χ0n) is 18.2. The minimum atomic E-state index is -0.385. The molecule has 3 aromatic rings. The van der Waals surface area contributed by atoms with Crippen LogP contribution in [0.2, 0.25) is 0 Å². The first-order chi connectivity index (χ1) is 16.1. The normalized spacial score (nSPS) is 13.6. The number of hydrogen-bond donors (Lipinski definition) is 0. The molecule has 3 aromatic carbocycles. The molecule has 0 aliphatic carbocycles. The van der Waals surface area contributed by atoms with Gasteiger partial charge in [0.25, 0.3) is 0 Å². The van der Waals surface area contributed by atoms with Crippen molar-refractivity contribution in [2.45, 2.75) is 6.61 Å². The largest absolute Gasteiger partial charge is 0.496 e. The summed E-state index contributed by atoms with van der Waals surface area (Å²) in [6.45, 7) is 0.304. The lowest BCUT2D eigenvalue weighted by Gasteiger charge is -2.08. The number of Topliss-reactive ketones (excluding diaryl/α,β-unsaturated/α-hetero) is 1. The highest BCUT2D eigenvalue weighted by Crippen LogP contribution is 2.34. The summed E-state index contributed by atoms with van der Waals surface area (Å²) in [5.74, 6) is 1.45. The van der Waals surface area contributed by atoms with Gasteiger partial charge in [-0.15, -0.1) is 0 Å². The first-order valence-corrected chi connectivity index (χ1v) is 10.3. The van der Waals surface area contributed by atoms with Gasteiger partial charge in [0.2, 0.25) is 5.78 Å². The van der Waals surface area contributed by atoms with E-state index in [1.54, 1.807) is 61.7 Å². The minimum Gasteiger partial charge on any atom is -0.496 e. The van der Waals surface area contributed by atoms with Gasteiger partial charge >= 0.3 is 5.97 Å². The molecule has 0 bridgehead atoms. The average molecular weight is 442 g/mol. The van der Waals surface area contributed by atoms with Crippen LogP contribution in [0.5, 0.6) is 17.2 Å². The zero-order chi connectivity index (χ0) is 23.2. The van der Waals surface area contributed by atoms with Crippen molar-refractivity contribution in [2.75, 3.05) is 14.2 Å². The highest BCUT2D eigenvalue weighted by atomic mass is 16.5. The molecule has 0 aromatic heterocycles. The number of methoxy groups -OCH3 is 2. The maximum atomic E-state index is 12.6. The van der Waals surface area contributed by atoms with Crippen molar-refractivity contribution in [1.29, 1.82) is 0 Å². The molecule has 1 heterocycles. The Morgan fingerprint density at radius 3 is 2.55 bits per heavy atom. The predicted octanol–water partition coefficient (Wildman–Crippen LogP) is 5.23. The number of rotatable bonds is 7. The Labute approximate surface area is 191 Å². The molecule has 1 aliphatic rings. The Morgan fingerprint density at radius 1 is 1.00 bits per heavy atom. The van der Waals surface area contributed by atoms with E-state index in [0.717, 1.165) is 16.9 Å². The minimum absolute atomic E-state index is 0.181. The highest BCUT2D eigenvalue weighted by molar-refractivity contribution is 6.12. The van der Waals surface area contributed by atoms with Crippen molar-refractivity contribution in [3.05, 3.63) is 107 Å². The van der Waals surface area contributed by atoms with E-state index < -0.39 is 0 Å². The van der Waals surface area contributed by atoms with E-state index in [9.17, 15) is 9.59 Å². The molecule has 166 valence electrons. The van der Waals surface area contributed by atoms with Gasteiger partial charge in [-0.25, -0.2) is 4.79 Å². The Morgan fingerprint density at radius 2 is 1.79 bits per heavy atom. The Hall–Kier alpha value is -4.32. The number of fused-ring (bicyclic) bond motifs is 1. The molecule has 0 spiro atoms. The molecule has 0 unspecified atom stereocenters. The number of esters is 1. The van der Waals surface area contributed by atoms with Crippen LogP contribution in [0.25, 0.3) is 6.08 Å². The number of carbonyl (C=O) groups excluding carboxylic acids is 2. The third-order valence-corrected chi connectivity index (χ3v) is 5.08. The van der Waals surface area contributed by atoms with Crippen molar-refractivity contribution in [2.24, 2.45) is 0 Å². The van der Waals surface area contributed by atoms with Crippen LogP contribution in [-0.2, 0) is 11.3 Å². The third-order valence-electron chi connectivity index (χ3n) is 5.08. The highest BCUT2D eigenvalue weighted by Gasteiger charge is 2.27.